The standard InChI is InChI=1S/C9H9FO2/c1-6-5-11-8-3-2-7(10)4-9(8)12-6/h2-4,6H,5H2,1H3/t6-/m0/s1. The summed E-state index contributed by atoms with van der Waals surface area (Å²) in [5.41, 5.74) is 0. The van der Waals surface area contributed by atoms with E-state index < -0.39 is 0 Å². The predicted molar refractivity (Wildman–Crippen MR) is 42.0 cm³/mol. The Bertz CT molecular complexity index is 299. The molecule has 2 rings (SSSR count). The van der Waals surface area contributed by atoms with Gasteiger partial charge in [-0.1, -0.05) is 0 Å². The lowest BCUT2D eigenvalue weighted by Gasteiger charge is -2.23. The Balaban J connectivity index is 2.37. The van der Waals surface area contributed by atoms with E-state index in [1.807, 2.05) is 6.92 Å². The minimum absolute atomic E-state index is 0.000648. The van der Waals surface area contributed by atoms with E-state index in [0.717, 1.165) is 0 Å². The summed E-state index contributed by atoms with van der Waals surface area (Å²) in [7, 11) is 0. The minimum Gasteiger partial charge on any atom is -0.486 e. The van der Waals surface area contributed by atoms with Crippen molar-refractivity contribution in [3.05, 3.63) is 24.0 Å². The third-order valence-electron chi connectivity index (χ3n) is 1.71. The van der Waals surface area contributed by atoms with Crippen LogP contribution in [0.3, 0.4) is 0 Å². The fraction of sp³-hybridized carbons (Fsp3) is 0.333. The first-order chi connectivity index (χ1) is 5.75. The van der Waals surface area contributed by atoms with Crippen LogP contribution in [0.4, 0.5) is 4.39 Å². The van der Waals surface area contributed by atoms with Gasteiger partial charge >= 0.3 is 0 Å². The van der Waals surface area contributed by atoms with Gasteiger partial charge in [0.15, 0.2) is 11.5 Å². The molecule has 0 radical (unpaired) electrons. The zero-order chi connectivity index (χ0) is 8.55. The Morgan fingerprint density at radius 2 is 2.25 bits per heavy atom. The van der Waals surface area contributed by atoms with Gasteiger partial charge < -0.3 is 9.47 Å². The van der Waals surface area contributed by atoms with E-state index in [9.17, 15) is 4.39 Å². The molecular formula is C9H9FO2. The summed E-state index contributed by atoms with van der Waals surface area (Å²) in [5, 5.41) is 0. The highest BCUT2D eigenvalue weighted by molar-refractivity contribution is 5.41. The minimum atomic E-state index is -0.300. The van der Waals surface area contributed by atoms with Crippen LogP contribution in [0.5, 0.6) is 11.5 Å². The van der Waals surface area contributed by atoms with Crippen LogP contribution in [-0.4, -0.2) is 12.7 Å². The highest BCUT2D eigenvalue weighted by Crippen LogP contribution is 2.31. The quantitative estimate of drug-likeness (QED) is 0.589. The van der Waals surface area contributed by atoms with Gasteiger partial charge in [0.05, 0.1) is 0 Å². The molecule has 0 aromatic heterocycles. The summed E-state index contributed by atoms with van der Waals surface area (Å²) in [6.07, 6.45) is -0.000648. The van der Waals surface area contributed by atoms with Gasteiger partial charge in [-0.05, 0) is 19.1 Å². The van der Waals surface area contributed by atoms with E-state index in [4.69, 9.17) is 9.47 Å². The third-order valence-corrected chi connectivity index (χ3v) is 1.71. The summed E-state index contributed by atoms with van der Waals surface area (Å²) < 4.78 is 23.3. The maximum atomic E-state index is 12.7. The first-order valence-electron chi connectivity index (χ1n) is 3.85. The Hall–Kier alpha value is -1.25. The van der Waals surface area contributed by atoms with Crippen molar-refractivity contribution < 1.29 is 13.9 Å². The van der Waals surface area contributed by atoms with Crippen LogP contribution in [0.15, 0.2) is 18.2 Å². The maximum absolute atomic E-state index is 12.7. The number of benzene rings is 1. The molecule has 12 heavy (non-hydrogen) atoms. The largest absolute Gasteiger partial charge is 0.486 e. The van der Waals surface area contributed by atoms with Gasteiger partial charge in [-0.25, -0.2) is 4.39 Å². The molecule has 0 unspecified atom stereocenters. The number of rotatable bonds is 0. The second-order valence-corrected chi connectivity index (χ2v) is 2.83. The van der Waals surface area contributed by atoms with E-state index in [2.05, 4.69) is 0 Å². The summed E-state index contributed by atoms with van der Waals surface area (Å²) in [6.45, 7) is 2.41. The van der Waals surface area contributed by atoms with E-state index in [1.54, 1.807) is 6.07 Å². The first kappa shape index (κ1) is 7.40. The Morgan fingerprint density at radius 1 is 1.42 bits per heavy atom. The van der Waals surface area contributed by atoms with Gasteiger partial charge in [0.25, 0.3) is 0 Å². The third kappa shape index (κ3) is 1.22. The van der Waals surface area contributed by atoms with Gasteiger partial charge in [-0.3, -0.25) is 0 Å². The first-order valence-corrected chi connectivity index (χ1v) is 3.85. The van der Waals surface area contributed by atoms with Crippen molar-refractivity contribution in [2.24, 2.45) is 0 Å². The van der Waals surface area contributed by atoms with E-state index in [0.29, 0.717) is 18.1 Å². The van der Waals surface area contributed by atoms with Gasteiger partial charge in [0, 0.05) is 6.07 Å². The molecule has 3 heteroatoms. The van der Waals surface area contributed by atoms with E-state index in [-0.39, 0.29) is 11.9 Å². The number of ether oxygens (including phenoxy) is 2. The number of fused-ring (bicyclic) bond motifs is 1. The highest BCUT2D eigenvalue weighted by Gasteiger charge is 2.16. The maximum Gasteiger partial charge on any atom is 0.164 e. The van der Waals surface area contributed by atoms with Crippen LogP contribution in [0, 0.1) is 5.82 Å². The molecular weight excluding hydrogens is 159 g/mol. The zero-order valence-corrected chi connectivity index (χ0v) is 6.71. The van der Waals surface area contributed by atoms with Crippen molar-refractivity contribution in [2.45, 2.75) is 13.0 Å². The molecule has 1 heterocycles. The molecule has 0 fully saturated rings. The van der Waals surface area contributed by atoms with Crippen molar-refractivity contribution in [1.82, 2.24) is 0 Å². The number of halogens is 1. The van der Waals surface area contributed by atoms with Crippen LogP contribution < -0.4 is 9.47 Å². The molecule has 1 aromatic rings. The van der Waals surface area contributed by atoms with Gasteiger partial charge in [0.1, 0.15) is 18.5 Å². The number of hydrogen-bond donors (Lipinski definition) is 0. The summed E-state index contributed by atoms with van der Waals surface area (Å²) >= 11 is 0. The van der Waals surface area contributed by atoms with Crippen LogP contribution >= 0.6 is 0 Å². The molecule has 0 spiro atoms. The van der Waals surface area contributed by atoms with Crippen molar-refractivity contribution >= 4 is 0 Å². The normalized spacial score (nSPS) is 20.7. The van der Waals surface area contributed by atoms with Gasteiger partial charge in [-0.2, -0.15) is 0 Å². The predicted octanol–water partition coefficient (Wildman–Crippen LogP) is 1.99. The summed E-state index contributed by atoms with van der Waals surface area (Å²) in [6, 6.07) is 4.28. The molecule has 0 N–H and O–H groups in total. The van der Waals surface area contributed by atoms with Crippen LogP contribution in [0.25, 0.3) is 0 Å². The fourth-order valence-corrected chi connectivity index (χ4v) is 1.15. The van der Waals surface area contributed by atoms with Gasteiger partial charge in [0.2, 0.25) is 0 Å². The lowest BCUT2D eigenvalue weighted by atomic mass is 10.2. The molecule has 64 valence electrons. The Kier molecular flexibility index (Phi) is 1.64. The van der Waals surface area contributed by atoms with Crippen LogP contribution in [0.1, 0.15) is 6.92 Å². The second-order valence-electron chi connectivity index (χ2n) is 2.83. The van der Waals surface area contributed by atoms with Crippen LogP contribution in [-0.2, 0) is 0 Å². The van der Waals surface area contributed by atoms with Crippen molar-refractivity contribution in [3.63, 3.8) is 0 Å². The van der Waals surface area contributed by atoms with E-state index >= 15 is 0 Å². The molecule has 0 saturated carbocycles. The lowest BCUT2D eigenvalue weighted by molar-refractivity contribution is 0.103. The lowest BCUT2D eigenvalue weighted by Crippen LogP contribution is -2.25. The monoisotopic (exact) mass is 168 g/mol. The smallest absolute Gasteiger partial charge is 0.164 e. The molecule has 1 aliphatic rings. The topological polar surface area (TPSA) is 18.5 Å². The molecule has 1 atom stereocenters. The Morgan fingerprint density at radius 3 is 3.08 bits per heavy atom. The SMILES string of the molecule is C[C@H]1COc2ccc(F)cc2O1. The molecule has 2 nitrogen and oxygen atoms in total. The summed E-state index contributed by atoms with van der Waals surface area (Å²) in [4.78, 5) is 0. The molecule has 0 saturated heterocycles. The zero-order valence-electron chi connectivity index (χ0n) is 6.71. The number of hydrogen-bond acceptors (Lipinski definition) is 2. The summed E-state index contributed by atoms with van der Waals surface area (Å²) in [5.74, 6) is 0.815. The van der Waals surface area contributed by atoms with Gasteiger partial charge in [-0.15, -0.1) is 0 Å². The molecule has 1 aromatic carbocycles. The van der Waals surface area contributed by atoms with Crippen molar-refractivity contribution in [1.29, 1.82) is 0 Å². The average molecular weight is 168 g/mol. The second kappa shape index (κ2) is 2.66. The van der Waals surface area contributed by atoms with E-state index in [1.165, 1.54) is 12.1 Å². The highest BCUT2D eigenvalue weighted by atomic mass is 19.1. The van der Waals surface area contributed by atoms with Crippen molar-refractivity contribution in [3.8, 4) is 11.5 Å². The molecule has 1 aliphatic heterocycles. The average Bonchev–Trinajstić information content (AvgIpc) is 2.03. The fourth-order valence-electron chi connectivity index (χ4n) is 1.15. The molecule has 0 amide bonds. The molecule has 0 aliphatic carbocycles. The molecule has 0 bridgehead atoms. The van der Waals surface area contributed by atoms with Crippen LogP contribution in [0.2, 0.25) is 0 Å². The van der Waals surface area contributed by atoms with Crippen molar-refractivity contribution in [2.75, 3.05) is 6.61 Å². The Labute approximate surface area is 69.9 Å².